The van der Waals surface area contributed by atoms with E-state index in [0.717, 1.165) is 13.0 Å². The Morgan fingerprint density at radius 2 is 2.36 bits per heavy atom. The van der Waals surface area contributed by atoms with Crippen LogP contribution in [0.4, 0.5) is 0 Å². The summed E-state index contributed by atoms with van der Waals surface area (Å²) in [4.78, 5) is 1.19. The molecular weight excluding hydrogens is 262 g/mol. The Balaban J connectivity index is 2.47. The summed E-state index contributed by atoms with van der Waals surface area (Å²) in [6, 6.07) is 2.13. The molecule has 0 aromatic carbocycles. The zero-order chi connectivity index (χ0) is 10.6. The molecule has 0 saturated heterocycles. The topological polar surface area (TPSA) is 35.2 Å². The van der Waals surface area contributed by atoms with E-state index in [4.69, 9.17) is 10.5 Å². The average molecular weight is 278 g/mol. The van der Waals surface area contributed by atoms with Gasteiger partial charge in [0.1, 0.15) is 0 Å². The first-order chi connectivity index (χ1) is 6.65. The first kappa shape index (κ1) is 12.2. The lowest BCUT2D eigenvalue weighted by Crippen LogP contribution is -2.16. The Bertz CT molecular complexity index is 268. The van der Waals surface area contributed by atoms with Gasteiger partial charge in [-0.3, -0.25) is 0 Å². The molecule has 0 aliphatic carbocycles. The zero-order valence-electron chi connectivity index (χ0n) is 8.55. The third kappa shape index (κ3) is 3.35. The van der Waals surface area contributed by atoms with Gasteiger partial charge in [0.15, 0.2) is 0 Å². The second kappa shape index (κ2) is 5.85. The number of aryl methyl sites for hydroxylation is 1. The molecule has 0 saturated carbocycles. The third-order valence-corrected chi connectivity index (χ3v) is 4.16. The normalized spacial score (nSPS) is 13.1. The lowest BCUT2D eigenvalue weighted by Gasteiger charge is -2.09. The fourth-order valence-corrected chi connectivity index (χ4v) is 2.66. The zero-order valence-corrected chi connectivity index (χ0v) is 11.0. The van der Waals surface area contributed by atoms with Gasteiger partial charge < -0.3 is 10.5 Å². The molecule has 1 rings (SSSR count). The molecule has 0 spiro atoms. The van der Waals surface area contributed by atoms with E-state index in [0.29, 0.717) is 6.61 Å². The Hall–Kier alpha value is 0.1000. The second-order valence-corrected chi connectivity index (χ2v) is 5.69. The Morgan fingerprint density at radius 3 is 2.86 bits per heavy atom. The summed E-state index contributed by atoms with van der Waals surface area (Å²) < 4.78 is 6.58. The van der Waals surface area contributed by atoms with Crippen molar-refractivity contribution in [3.05, 3.63) is 20.3 Å². The third-order valence-electron chi connectivity index (χ3n) is 1.89. The molecule has 80 valence electrons. The number of hydrogen-bond donors (Lipinski definition) is 1. The maximum atomic E-state index is 5.98. The van der Waals surface area contributed by atoms with E-state index in [-0.39, 0.29) is 6.04 Å². The highest BCUT2D eigenvalue weighted by Crippen LogP contribution is 2.30. The highest BCUT2D eigenvalue weighted by molar-refractivity contribution is 9.11. The van der Waals surface area contributed by atoms with Gasteiger partial charge in [-0.25, -0.2) is 0 Å². The van der Waals surface area contributed by atoms with Crippen molar-refractivity contribution in [1.82, 2.24) is 0 Å². The number of halogens is 1. The van der Waals surface area contributed by atoms with E-state index in [1.54, 1.807) is 11.3 Å². The van der Waals surface area contributed by atoms with Crippen LogP contribution in [0.5, 0.6) is 0 Å². The van der Waals surface area contributed by atoms with Crippen LogP contribution in [0.1, 0.15) is 29.8 Å². The van der Waals surface area contributed by atoms with Crippen LogP contribution in [0.3, 0.4) is 0 Å². The summed E-state index contributed by atoms with van der Waals surface area (Å²) in [5, 5.41) is 0. The molecule has 1 atom stereocenters. The molecule has 1 heterocycles. The van der Waals surface area contributed by atoms with E-state index in [2.05, 4.69) is 35.8 Å². The predicted molar refractivity (Wildman–Crippen MR) is 64.8 cm³/mol. The van der Waals surface area contributed by atoms with E-state index in [1.807, 2.05) is 0 Å². The number of ether oxygens (including phenoxy) is 1. The van der Waals surface area contributed by atoms with Crippen LogP contribution in [-0.2, 0) is 4.74 Å². The van der Waals surface area contributed by atoms with Crippen molar-refractivity contribution in [2.24, 2.45) is 5.73 Å². The summed E-state index contributed by atoms with van der Waals surface area (Å²) in [7, 11) is 0. The van der Waals surface area contributed by atoms with Gasteiger partial charge in [0, 0.05) is 11.5 Å². The maximum absolute atomic E-state index is 5.98. The number of rotatable bonds is 5. The molecule has 2 N–H and O–H groups in total. The van der Waals surface area contributed by atoms with Gasteiger partial charge >= 0.3 is 0 Å². The van der Waals surface area contributed by atoms with E-state index in [1.165, 1.54) is 14.2 Å². The van der Waals surface area contributed by atoms with E-state index >= 15 is 0 Å². The van der Waals surface area contributed by atoms with Crippen LogP contribution >= 0.6 is 27.3 Å². The predicted octanol–water partition coefficient (Wildman–Crippen LogP) is 3.25. The molecule has 1 unspecified atom stereocenters. The first-order valence-corrected chi connectivity index (χ1v) is 6.35. The van der Waals surface area contributed by atoms with E-state index < -0.39 is 0 Å². The monoisotopic (exact) mass is 277 g/mol. The lowest BCUT2D eigenvalue weighted by molar-refractivity contribution is 0.122. The molecule has 0 aliphatic rings. The van der Waals surface area contributed by atoms with Crippen LogP contribution in [0.25, 0.3) is 0 Å². The highest BCUT2D eigenvalue weighted by atomic mass is 79.9. The molecule has 4 heteroatoms. The molecule has 0 aliphatic heterocycles. The number of hydrogen-bond acceptors (Lipinski definition) is 3. The fourth-order valence-electron chi connectivity index (χ4n) is 1.10. The summed E-state index contributed by atoms with van der Waals surface area (Å²) in [6.45, 7) is 5.57. The fraction of sp³-hybridized carbons (Fsp3) is 0.600. The van der Waals surface area contributed by atoms with Gasteiger partial charge in [0.25, 0.3) is 0 Å². The van der Waals surface area contributed by atoms with Gasteiger partial charge in [-0.05, 0) is 40.9 Å². The molecule has 0 radical (unpaired) electrons. The van der Waals surface area contributed by atoms with Crippen LogP contribution in [0, 0.1) is 6.92 Å². The summed E-state index contributed by atoms with van der Waals surface area (Å²) in [5.74, 6) is 0. The molecule has 2 nitrogen and oxygen atoms in total. The minimum absolute atomic E-state index is 0.0107. The van der Waals surface area contributed by atoms with Crippen molar-refractivity contribution in [2.45, 2.75) is 26.3 Å². The van der Waals surface area contributed by atoms with Gasteiger partial charge in [0.05, 0.1) is 16.4 Å². The number of nitrogens with two attached hydrogens (primary N) is 1. The van der Waals surface area contributed by atoms with Crippen molar-refractivity contribution < 1.29 is 4.74 Å². The highest BCUT2D eigenvalue weighted by Gasteiger charge is 2.10. The molecule has 14 heavy (non-hydrogen) atoms. The molecule has 0 fully saturated rings. The van der Waals surface area contributed by atoms with Gasteiger partial charge in [0.2, 0.25) is 0 Å². The van der Waals surface area contributed by atoms with Crippen LogP contribution in [-0.4, -0.2) is 13.2 Å². The maximum Gasteiger partial charge on any atom is 0.0731 e. The standard InChI is InChI=1S/C10H16BrNOS/c1-3-4-13-6-8(12)9-5-7(2)10(11)14-9/h5,8H,3-4,6,12H2,1-2H3. The lowest BCUT2D eigenvalue weighted by atomic mass is 10.2. The van der Waals surface area contributed by atoms with Crippen molar-refractivity contribution >= 4 is 27.3 Å². The summed E-state index contributed by atoms with van der Waals surface area (Å²) in [6.07, 6.45) is 1.04. The quantitative estimate of drug-likeness (QED) is 0.839. The van der Waals surface area contributed by atoms with E-state index in [9.17, 15) is 0 Å². The molecule has 0 amide bonds. The minimum atomic E-state index is 0.0107. The SMILES string of the molecule is CCCOCC(N)c1cc(C)c(Br)s1. The summed E-state index contributed by atoms with van der Waals surface area (Å²) >= 11 is 5.18. The molecular formula is C10H16BrNOS. The van der Waals surface area contributed by atoms with Gasteiger partial charge in [-0.1, -0.05) is 6.92 Å². The second-order valence-electron chi connectivity index (χ2n) is 3.29. The Labute approximate surface area is 97.6 Å². The summed E-state index contributed by atoms with van der Waals surface area (Å²) in [5.41, 5.74) is 7.23. The molecule has 0 bridgehead atoms. The van der Waals surface area contributed by atoms with Crippen molar-refractivity contribution in [1.29, 1.82) is 0 Å². The van der Waals surface area contributed by atoms with Gasteiger partial charge in [-0.15, -0.1) is 11.3 Å². The van der Waals surface area contributed by atoms with Crippen LogP contribution < -0.4 is 5.73 Å². The average Bonchev–Trinajstić information content (AvgIpc) is 2.47. The Kier molecular flexibility index (Phi) is 5.09. The van der Waals surface area contributed by atoms with Crippen LogP contribution in [0.2, 0.25) is 0 Å². The number of thiophene rings is 1. The largest absolute Gasteiger partial charge is 0.379 e. The Morgan fingerprint density at radius 1 is 1.64 bits per heavy atom. The molecule has 1 aromatic rings. The minimum Gasteiger partial charge on any atom is -0.379 e. The van der Waals surface area contributed by atoms with Crippen LogP contribution in [0.15, 0.2) is 9.85 Å². The first-order valence-electron chi connectivity index (χ1n) is 4.74. The van der Waals surface area contributed by atoms with Gasteiger partial charge in [-0.2, -0.15) is 0 Å². The van der Waals surface area contributed by atoms with Crippen molar-refractivity contribution in [2.75, 3.05) is 13.2 Å². The van der Waals surface area contributed by atoms with Crippen molar-refractivity contribution in [3.8, 4) is 0 Å². The van der Waals surface area contributed by atoms with Crippen molar-refractivity contribution in [3.63, 3.8) is 0 Å². The smallest absolute Gasteiger partial charge is 0.0731 e. The molecule has 1 aromatic heterocycles.